The van der Waals surface area contributed by atoms with Gasteiger partial charge in [-0.2, -0.15) is 0 Å². The highest BCUT2D eigenvalue weighted by Gasteiger charge is 2.10. The number of fused-ring (bicyclic) bond motifs is 3. The first-order chi connectivity index (χ1) is 9.79. The number of aryl methyl sites for hydroxylation is 1. The molecule has 3 rings (SSSR count). The highest BCUT2D eigenvalue weighted by Crippen LogP contribution is 2.16. The molecule has 5 nitrogen and oxygen atoms in total. The summed E-state index contributed by atoms with van der Waals surface area (Å²) in [5.74, 6) is 1.86. The summed E-state index contributed by atoms with van der Waals surface area (Å²) >= 11 is 0. The van der Waals surface area contributed by atoms with Gasteiger partial charge in [-0.3, -0.25) is 4.40 Å². The molecular weight excluding hydrogens is 250 g/mol. The number of aromatic nitrogens is 5. The van der Waals surface area contributed by atoms with E-state index in [0.29, 0.717) is 0 Å². The highest BCUT2D eigenvalue weighted by atomic mass is 15.3. The molecule has 0 spiro atoms. The number of aromatic amines is 1. The summed E-state index contributed by atoms with van der Waals surface area (Å²) < 4.78 is 2.11. The predicted octanol–water partition coefficient (Wildman–Crippen LogP) is 3.36. The molecule has 0 aliphatic heterocycles. The molecule has 3 aromatic heterocycles. The van der Waals surface area contributed by atoms with Gasteiger partial charge in [-0.05, 0) is 18.4 Å². The number of H-pyrrole nitrogens is 1. The molecule has 0 aliphatic rings. The second kappa shape index (κ2) is 5.61. The van der Waals surface area contributed by atoms with Crippen LogP contribution in [0.2, 0.25) is 0 Å². The van der Waals surface area contributed by atoms with E-state index >= 15 is 0 Å². The van der Waals surface area contributed by atoms with E-state index in [1.54, 1.807) is 6.20 Å². The molecule has 106 valence electrons. The van der Waals surface area contributed by atoms with Crippen LogP contribution in [0.4, 0.5) is 0 Å². The Hall–Kier alpha value is -1.91. The largest absolute Gasteiger partial charge is 0.345 e. The van der Waals surface area contributed by atoms with Gasteiger partial charge in [-0.15, -0.1) is 10.2 Å². The molecule has 0 saturated heterocycles. The minimum Gasteiger partial charge on any atom is -0.345 e. The zero-order chi connectivity index (χ0) is 13.9. The third-order valence-corrected chi connectivity index (χ3v) is 4.05. The summed E-state index contributed by atoms with van der Waals surface area (Å²) in [7, 11) is 0. The molecule has 0 bridgehead atoms. The zero-order valence-corrected chi connectivity index (χ0v) is 12.1. The van der Waals surface area contributed by atoms with Crippen molar-refractivity contribution >= 4 is 16.8 Å². The molecule has 0 saturated carbocycles. The molecule has 3 aromatic rings. The van der Waals surface area contributed by atoms with E-state index in [0.717, 1.165) is 35.0 Å². The third-order valence-electron chi connectivity index (χ3n) is 4.05. The Kier molecular flexibility index (Phi) is 3.67. The highest BCUT2D eigenvalue weighted by molar-refractivity contribution is 5.74. The number of hydrogen-bond donors (Lipinski definition) is 1. The molecule has 0 radical (unpaired) electrons. The van der Waals surface area contributed by atoms with Crippen molar-refractivity contribution in [2.24, 2.45) is 5.92 Å². The van der Waals surface area contributed by atoms with E-state index in [9.17, 15) is 0 Å². The van der Waals surface area contributed by atoms with Gasteiger partial charge in [0, 0.05) is 12.6 Å². The summed E-state index contributed by atoms with van der Waals surface area (Å²) in [6, 6.07) is 2.03. The van der Waals surface area contributed by atoms with Gasteiger partial charge < -0.3 is 4.98 Å². The van der Waals surface area contributed by atoms with Crippen LogP contribution < -0.4 is 0 Å². The van der Waals surface area contributed by atoms with E-state index in [1.165, 1.54) is 25.7 Å². The van der Waals surface area contributed by atoms with E-state index in [4.69, 9.17) is 0 Å². The molecule has 1 N–H and O–H groups in total. The van der Waals surface area contributed by atoms with Crippen molar-refractivity contribution in [3.8, 4) is 0 Å². The van der Waals surface area contributed by atoms with Gasteiger partial charge in [0.2, 0.25) is 0 Å². The molecule has 0 amide bonds. The van der Waals surface area contributed by atoms with Crippen LogP contribution in [0.3, 0.4) is 0 Å². The Morgan fingerprint density at radius 3 is 3.05 bits per heavy atom. The zero-order valence-electron chi connectivity index (χ0n) is 12.1. The summed E-state index contributed by atoms with van der Waals surface area (Å²) in [6.45, 7) is 4.58. The van der Waals surface area contributed by atoms with Crippen molar-refractivity contribution < 1.29 is 0 Å². The number of hydrogen-bond acceptors (Lipinski definition) is 3. The van der Waals surface area contributed by atoms with Gasteiger partial charge in [0.05, 0.1) is 11.7 Å². The summed E-state index contributed by atoms with van der Waals surface area (Å²) in [5, 5.41) is 8.54. The van der Waals surface area contributed by atoms with Crippen LogP contribution in [0.25, 0.3) is 16.8 Å². The van der Waals surface area contributed by atoms with Crippen LogP contribution in [0.5, 0.6) is 0 Å². The van der Waals surface area contributed by atoms with Gasteiger partial charge in [-0.1, -0.05) is 33.1 Å². The maximum absolute atomic E-state index is 4.33. The molecule has 0 fully saturated rings. The van der Waals surface area contributed by atoms with Crippen molar-refractivity contribution in [3.05, 3.63) is 24.3 Å². The van der Waals surface area contributed by atoms with Crippen LogP contribution in [0.1, 0.15) is 45.4 Å². The Balaban J connectivity index is 1.76. The van der Waals surface area contributed by atoms with Gasteiger partial charge in [-0.25, -0.2) is 4.98 Å². The Morgan fingerprint density at radius 2 is 2.20 bits per heavy atom. The summed E-state index contributed by atoms with van der Waals surface area (Å²) in [4.78, 5) is 7.47. The molecule has 5 heteroatoms. The second-order valence-electron chi connectivity index (χ2n) is 5.54. The third kappa shape index (κ3) is 2.40. The lowest BCUT2D eigenvalue weighted by Crippen LogP contribution is -1.98. The molecule has 3 heterocycles. The Morgan fingerprint density at radius 1 is 1.30 bits per heavy atom. The lowest BCUT2D eigenvalue weighted by atomic mass is 10.0. The fraction of sp³-hybridized carbons (Fsp3) is 0.533. The van der Waals surface area contributed by atoms with Crippen molar-refractivity contribution in [3.63, 3.8) is 0 Å². The van der Waals surface area contributed by atoms with Crippen LogP contribution in [0, 0.1) is 5.92 Å². The van der Waals surface area contributed by atoms with E-state index in [2.05, 4.69) is 38.4 Å². The standard InChI is InChI=1S/C15H21N5/c1-3-11(2)6-4-5-7-13-18-19-14-10-17-15-12(20(13)14)8-9-16-15/h8-11,16H,3-7H2,1-2H3. The Bertz CT molecular complexity index is 696. The SMILES string of the molecule is CCC(C)CCCCc1nnc2cnc3[nH]ccc3n12. The van der Waals surface area contributed by atoms with Crippen LogP contribution in [-0.2, 0) is 6.42 Å². The number of nitrogens with one attached hydrogen (secondary N) is 1. The van der Waals surface area contributed by atoms with Crippen molar-refractivity contribution in [2.45, 2.75) is 46.0 Å². The molecule has 1 unspecified atom stereocenters. The van der Waals surface area contributed by atoms with Crippen molar-refractivity contribution in [1.82, 2.24) is 24.6 Å². The average Bonchev–Trinajstić information content (AvgIpc) is 3.08. The second-order valence-corrected chi connectivity index (χ2v) is 5.54. The monoisotopic (exact) mass is 271 g/mol. The Labute approximate surface area is 118 Å². The van der Waals surface area contributed by atoms with E-state index in [1.807, 2.05) is 12.3 Å². The first kappa shape index (κ1) is 13.1. The molecule has 1 atom stereocenters. The lowest BCUT2D eigenvalue weighted by Gasteiger charge is -2.07. The summed E-state index contributed by atoms with van der Waals surface area (Å²) in [5.41, 5.74) is 2.77. The lowest BCUT2D eigenvalue weighted by molar-refractivity contribution is 0.482. The van der Waals surface area contributed by atoms with Gasteiger partial charge in [0.25, 0.3) is 0 Å². The normalized spacial score (nSPS) is 13.3. The summed E-state index contributed by atoms with van der Waals surface area (Å²) in [6.07, 6.45) is 9.64. The number of rotatable bonds is 6. The smallest absolute Gasteiger partial charge is 0.179 e. The molecule has 0 aliphatic carbocycles. The fourth-order valence-electron chi connectivity index (χ4n) is 2.58. The van der Waals surface area contributed by atoms with Crippen LogP contribution >= 0.6 is 0 Å². The van der Waals surface area contributed by atoms with Gasteiger partial charge in [0.1, 0.15) is 5.82 Å². The molecule has 0 aromatic carbocycles. The predicted molar refractivity (Wildman–Crippen MR) is 79.6 cm³/mol. The molecule has 20 heavy (non-hydrogen) atoms. The molecular formula is C15H21N5. The van der Waals surface area contributed by atoms with E-state index < -0.39 is 0 Å². The van der Waals surface area contributed by atoms with E-state index in [-0.39, 0.29) is 0 Å². The minimum absolute atomic E-state index is 0.825. The van der Waals surface area contributed by atoms with Crippen molar-refractivity contribution in [1.29, 1.82) is 0 Å². The maximum atomic E-state index is 4.33. The van der Waals surface area contributed by atoms with Crippen molar-refractivity contribution in [2.75, 3.05) is 0 Å². The minimum atomic E-state index is 0.825. The first-order valence-corrected chi connectivity index (χ1v) is 7.45. The fourth-order valence-corrected chi connectivity index (χ4v) is 2.58. The van der Waals surface area contributed by atoms with Crippen LogP contribution in [0.15, 0.2) is 18.5 Å². The number of unbranched alkanes of at least 4 members (excludes halogenated alkanes) is 1. The topological polar surface area (TPSA) is 58.9 Å². The van der Waals surface area contributed by atoms with Gasteiger partial charge in [0.15, 0.2) is 11.3 Å². The average molecular weight is 271 g/mol. The van der Waals surface area contributed by atoms with Gasteiger partial charge >= 0.3 is 0 Å². The van der Waals surface area contributed by atoms with Crippen LogP contribution in [-0.4, -0.2) is 24.6 Å². The first-order valence-electron chi connectivity index (χ1n) is 7.45. The maximum Gasteiger partial charge on any atom is 0.179 e. The number of nitrogens with zero attached hydrogens (tertiary/aromatic N) is 4. The quantitative estimate of drug-likeness (QED) is 0.699.